The van der Waals surface area contributed by atoms with E-state index < -0.39 is 10.9 Å². The molecule has 0 aliphatic carbocycles. The molecule has 0 aliphatic rings. The predicted octanol–water partition coefficient (Wildman–Crippen LogP) is 2.80. The first-order valence-corrected chi connectivity index (χ1v) is 7.03. The van der Waals surface area contributed by atoms with Gasteiger partial charge in [0.1, 0.15) is 12.2 Å². The summed E-state index contributed by atoms with van der Waals surface area (Å²) in [4.78, 5) is 34.1. The highest BCUT2D eigenvalue weighted by molar-refractivity contribution is 6.20. The van der Waals surface area contributed by atoms with Crippen molar-refractivity contribution in [2.75, 3.05) is 6.61 Å². The van der Waals surface area contributed by atoms with Gasteiger partial charge in [-0.1, -0.05) is 6.92 Å². The SMILES string of the molecule is CCCC(=O)/C(=C/c1ccc([N+](=O)[O-])cc1)C(=O)OCCC#N. The number of non-ortho nitro benzene ring substituents is 1. The van der Waals surface area contributed by atoms with Gasteiger partial charge in [-0.05, 0) is 30.2 Å². The molecule has 0 saturated carbocycles. The summed E-state index contributed by atoms with van der Waals surface area (Å²) >= 11 is 0. The Morgan fingerprint density at radius 3 is 2.52 bits per heavy atom. The van der Waals surface area contributed by atoms with Crippen LogP contribution in [0.2, 0.25) is 0 Å². The van der Waals surface area contributed by atoms with Crippen molar-refractivity contribution in [1.82, 2.24) is 0 Å². The first-order valence-electron chi connectivity index (χ1n) is 7.03. The number of hydrogen-bond donors (Lipinski definition) is 0. The summed E-state index contributed by atoms with van der Waals surface area (Å²) in [6.07, 6.45) is 2.14. The number of nitriles is 1. The van der Waals surface area contributed by atoms with Crippen molar-refractivity contribution < 1.29 is 19.2 Å². The van der Waals surface area contributed by atoms with Gasteiger partial charge in [0.05, 0.1) is 17.4 Å². The Hall–Kier alpha value is -3.01. The molecule has 0 bridgehead atoms. The van der Waals surface area contributed by atoms with E-state index in [9.17, 15) is 19.7 Å². The van der Waals surface area contributed by atoms with Crippen LogP contribution < -0.4 is 0 Å². The van der Waals surface area contributed by atoms with E-state index >= 15 is 0 Å². The summed E-state index contributed by atoms with van der Waals surface area (Å²) in [7, 11) is 0. The van der Waals surface area contributed by atoms with Gasteiger partial charge in [0.15, 0.2) is 5.78 Å². The van der Waals surface area contributed by atoms with Crippen molar-refractivity contribution in [2.45, 2.75) is 26.2 Å². The number of ketones is 1. The second-order valence-corrected chi connectivity index (χ2v) is 4.62. The van der Waals surface area contributed by atoms with Crippen LogP contribution in [0.25, 0.3) is 6.08 Å². The van der Waals surface area contributed by atoms with E-state index in [1.807, 2.05) is 13.0 Å². The van der Waals surface area contributed by atoms with Crippen molar-refractivity contribution in [3.63, 3.8) is 0 Å². The molecule has 0 saturated heterocycles. The first kappa shape index (κ1) is 18.0. The number of nitro benzene ring substituents is 1. The molecule has 23 heavy (non-hydrogen) atoms. The van der Waals surface area contributed by atoms with Crippen molar-refractivity contribution >= 4 is 23.5 Å². The van der Waals surface area contributed by atoms with Crippen LogP contribution >= 0.6 is 0 Å². The maximum atomic E-state index is 12.1. The Morgan fingerprint density at radius 2 is 2.00 bits per heavy atom. The van der Waals surface area contributed by atoms with Gasteiger partial charge in [-0.25, -0.2) is 4.79 Å². The van der Waals surface area contributed by atoms with E-state index in [0.29, 0.717) is 12.0 Å². The number of carbonyl (C=O) groups is 2. The molecular formula is C16H16N2O5. The van der Waals surface area contributed by atoms with Gasteiger partial charge in [0.2, 0.25) is 0 Å². The zero-order valence-corrected chi connectivity index (χ0v) is 12.7. The van der Waals surface area contributed by atoms with Crippen LogP contribution in [0.4, 0.5) is 5.69 Å². The van der Waals surface area contributed by atoms with Gasteiger partial charge in [0, 0.05) is 18.6 Å². The summed E-state index contributed by atoms with van der Waals surface area (Å²) in [5.74, 6) is -1.16. The third-order valence-corrected chi connectivity index (χ3v) is 2.86. The quantitative estimate of drug-likeness (QED) is 0.139. The van der Waals surface area contributed by atoms with Crippen LogP contribution in [0.15, 0.2) is 29.8 Å². The average molecular weight is 316 g/mol. The van der Waals surface area contributed by atoms with Crippen LogP contribution in [0, 0.1) is 21.4 Å². The minimum absolute atomic E-state index is 0.0402. The van der Waals surface area contributed by atoms with Gasteiger partial charge in [-0.2, -0.15) is 5.26 Å². The maximum Gasteiger partial charge on any atom is 0.341 e. The molecule has 0 aliphatic heterocycles. The number of nitrogens with zero attached hydrogens (tertiary/aromatic N) is 2. The lowest BCUT2D eigenvalue weighted by Gasteiger charge is -2.06. The van der Waals surface area contributed by atoms with E-state index in [1.165, 1.54) is 30.3 Å². The third kappa shape index (κ3) is 5.71. The lowest BCUT2D eigenvalue weighted by molar-refractivity contribution is -0.384. The Morgan fingerprint density at radius 1 is 1.35 bits per heavy atom. The predicted molar refractivity (Wildman–Crippen MR) is 82.2 cm³/mol. The lowest BCUT2D eigenvalue weighted by atomic mass is 10.0. The highest BCUT2D eigenvalue weighted by atomic mass is 16.6. The second-order valence-electron chi connectivity index (χ2n) is 4.62. The molecule has 0 atom stereocenters. The topological polar surface area (TPSA) is 110 Å². The number of esters is 1. The zero-order valence-electron chi connectivity index (χ0n) is 12.7. The van der Waals surface area contributed by atoms with Gasteiger partial charge >= 0.3 is 5.97 Å². The van der Waals surface area contributed by atoms with Crippen molar-refractivity contribution in [3.8, 4) is 6.07 Å². The maximum absolute atomic E-state index is 12.1. The second kappa shape index (κ2) is 9.10. The van der Waals surface area contributed by atoms with Crippen LogP contribution in [-0.2, 0) is 14.3 Å². The Bertz CT molecular complexity index is 656. The number of Topliss-reactive ketones (excluding diaryl/α,β-unsaturated/α-hetero) is 1. The van der Waals surface area contributed by atoms with E-state index in [0.717, 1.165) is 0 Å². The highest BCUT2D eigenvalue weighted by Gasteiger charge is 2.19. The minimum Gasteiger partial charge on any atom is -0.461 e. The number of ether oxygens (including phenoxy) is 1. The van der Waals surface area contributed by atoms with Crippen LogP contribution in [0.5, 0.6) is 0 Å². The summed E-state index contributed by atoms with van der Waals surface area (Å²) in [6.45, 7) is 1.72. The molecule has 0 N–H and O–H groups in total. The van der Waals surface area contributed by atoms with E-state index in [-0.39, 0.29) is 36.5 Å². The summed E-state index contributed by atoms with van der Waals surface area (Å²) in [5, 5.41) is 19.1. The molecular weight excluding hydrogens is 300 g/mol. The van der Waals surface area contributed by atoms with Crippen molar-refractivity contribution in [2.24, 2.45) is 0 Å². The molecule has 0 radical (unpaired) electrons. The normalized spacial score (nSPS) is 10.7. The Balaban J connectivity index is 3.02. The Kier molecular flexibility index (Phi) is 7.14. The zero-order chi connectivity index (χ0) is 17.2. The molecule has 120 valence electrons. The third-order valence-electron chi connectivity index (χ3n) is 2.86. The molecule has 7 heteroatoms. The number of rotatable bonds is 8. The fourth-order valence-corrected chi connectivity index (χ4v) is 1.74. The number of carbonyl (C=O) groups excluding carboxylic acids is 2. The average Bonchev–Trinajstić information content (AvgIpc) is 2.53. The molecule has 1 aromatic carbocycles. The fourth-order valence-electron chi connectivity index (χ4n) is 1.74. The monoisotopic (exact) mass is 316 g/mol. The van der Waals surface area contributed by atoms with Crippen LogP contribution in [0.3, 0.4) is 0 Å². The molecule has 1 aromatic rings. The first-order chi connectivity index (χ1) is 11.0. The summed E-state index contributed by atoms with van der Waals surface area (Å²) in [5.41, 5.74) is 0.270. The summed E-state index contributed by atoms with van der Waals surface area (Å²) in [6, 6.07) is 7.30. The summed E-state index contributed by atoms with van der Waals surface area (Å²) < 4.78 is 4.89. The van der Waals surface area contributed by atoms with Gasteiger partial charge < -0.3 is 4.74 Å². The molecule has 0 spiro atoms. The molecule has 0 heterocycles. The molecule has 0 fully saturated rings. The highest BCUT2D eigenvalue weighted by Crippen LogP contribution is 2.16. The fraction of sp³-hybridized carbons (Fsp3) is 0.312. The van der Waals surface area contributed by atoms with Crippen LogP contribution in [0.1, 0.15) is 31.7 Å². The number of hydrogen-bond acceptors (Lipinski definition) is 6. The molecule has 0 unspecified atom stereocenters. The smallest absolute Gasteiger partial charge is 0.341 e. The minimum atomic E-state index is -0.794. The van der Waals surface area contributed by atoms with Crippen molar-refractivity contribution in [3.05, 3.63) is 45.5 Å². The van der Waals surface area contributed by atoms with E-state index in [1.54, 1.807) is 0 Å². The molecule has 1 rings (SSSR count). The van der Waals surface area contributed by atoms with Crippen LogP contribution in [-0.4, -0.2) is 23.3 Å². The van der Waals surface area contributed by atoms with E-state index in [2.05, 4.69) is 0 Å². The number of benzene rings is 1. The molecule has 0 amide bonds. The van der Waals surface area contributed by atoms with Gasteiger partial charge in [-0.15, -0.1) is 0 Å². The molecule has 0 aromatic heterocycles. The van der Waals surface area contributed by atoms with Crippen molar-refractivity contribution in [1.29, 1.82) is 5.26 Å². The lowest BCUT2D eigenvalue weighted by Crippen LogP contribution is -2.16. The number of nitro groups is 1. The van der Waals surface area contributed by atoms with Gasteiger partial charge in [0.25, 0.3) is 5.69 Å². The Labute approximate surface area is 133 Å². The molecule has 7 nitrogen and oxygen atoms in total. The largest absolute Gasteiger partial charge is 0.461 e. The van der Waals surface area contributed by atoms with E-state index in [4.69, 9.17) is 10.00 Å². The standard InChI is InChI=1S/C16H16N2O5/c1-2-4-15(19)14(16(20)23-10-3-9-17)11-12-5-7-13(8-6-12)18(21)22/h5-8,11H,2-4,10H2,1H3/b14-11-. The van der Waals surface area contributed by atoms with Gasteiger partial charge in [-0.3, -0.25) is 14.9 Å².